The molecular weight excluding hydrogens is 298 g/mol. The lowest BCUT2D eigenvalue weighted by molar-refractivity contribution is 0.1000. The van der Waals surface area contributed by atoms with Gasteiger partial charge in [-0.15, -0.1) is 0 Å². The SMILES string of the molecule is NC(=O)c1cccnc1N1CCN(C(=O)N[C@H]2CCOC2)CC1. The summed E-state index contributed by atoms with van der Waals surface area (Å²) in [7, 11) is 0. The first kappa shape index (κ1) is 15.5. The first-order valence-electron chi connectivity index (χ1n) is 7.78. The number of carbonyl (C=O) groups is 2. The molecule has 0 unspecified atom stereocenters. The van der Waals surface area contributed by atoms with Crippen molar-refractivity contribution in [3.63, 3.8) is 0 Å². The molecule has 0 aliphatic carbocycles. The molecule has 1 aromatic rings. The zero-order valence-electron chi connectivity index (χ0n) is 12.9. The van der Waals surface area contributed by atoms with Gasteiger partial charge in [-0.25, -0.2) is 9.78 Å². The normalized spacial score (nSPS) is 21.3. The number of piperazine rings is 1. The molecule has 2 saturated heterocycles. The smallest absolute Gasteiger partial charge is 0.317 e. The fourth-order valence-corrected chi connectivity index (χ4v) is 2.88. The first-order valence-corrected chi connectivity index (χ1v) is 7.78. The highest BCUT2D eigenvalue weighted by Gasteiger charge is 2.26. The number of rotatable bonds is 3. The van der Waals surface area contributed by atoms with Crippen LogP contribution in [0.5, 0.6) is 0 Å². The van der Waals surface area contributed by atoms with Gasteiger partial charge in [-0.05, 0) is 18.6 Å². The van der Waals surface area contributed by atoms with Crippen molar-refractivity contribution in [2.24, 2.45) is 5.73 Å². The van der Waals surface area contributed by atoms with Crippen molar-refractivity contribution < 1.29 is 14.3 Å². The molecule has 2 aliphatic rings. The molecule has 1 atom stereocenters. The highest BCUT2D eigenvalue weighted by Crippen LogP contribution is 2.18. The van der Waals surface area contributed by atoms with Gasteiger partial charge in [0, 0.05) is 39.0 Å². The molecule has 1 aromatic heterocycles. The van der Waals surface area contributed by atoms with E-state index < -0.39 is 5.91 Å². The summed E-state index contributed by atoms with van der Waals surface area (Å²) in [6.07, 6.45) is 2.50. The summed E-state index contributed by atoms with van der Waals surface area (Å²) in [6, 6.07) is 3.41. The van der Waals surface area contributed by atoms with Crippen LogP contribution in [-0.4, -0.2) is 67.3 Å². The number of ether oxygens (including phenoxy) is 1. The van der Waals surface area contributed by atoms with E-state index in [1.807, 2.05) is 4.90 Å². The molecule has 2 aliphatic heterocycles. The third kappa shape index (κ3) is 3.53. The van der Waals surface area contributed by atoms with Crippen LogP contribution in [0.2, 0.25) is 0 Å². The molecule has 0 saturated carbocycles. The van der Waals surface area contributed by atoms with Gasteiger partial charge in [-0.2, -0.15) is 0 Å². The van der Waals surface area contributed by atoms with Crippen LogP contribution in [-0.2, 0) is 4.74 Å². The monoisotopic (exact) mass is 319 g/mol. The highest BCUT2D eigenvalue weighted by atomic mass is 16.5. The molecule has 0 radical (unpaired) electrons. The van der Waals surface area contributed by atoms with Crippen LogP contribution in [0.4, 0.5) is 10.6 Å². The number of carbonyl (C=O) groups excluding carboxylic acids is 2. The Balaban J connectivity index is 1.58. The summed E-state index contributed by atoms with van der Waals surface area (Å²) < 4.78 is 5.26. The summed E-state index contributed by atoms with van der Waals surface area (Å²) in [4.78, 5) is 31.8. The van der Waals surface area contributed by atoms with E-state index in [2.05, 4.69) is 10.3 Å². The zero-order chi connectivity index (χ0) is 16.2. The Morgan fingerprint density at radius 2 is 2.09 bits per heavy atom. The number of hydrogen-bond acceptors (Lipinski definition) is 5. The van der Waals surface area contributed by atoms with Gasteiger partial charge in [0.25, 0.3) is 5.91 Å². The number of aromatic nitrogens is 1. The van der Waals surface area contributed by atoms with Crippen LogP contribution in [0, 0.1) is 0 Å². The minimum absolute atomic E-state index is 0.0590. The lowest BCUT2D eigenvalue weighted by Crippen LogP contribution is -2.54. The number of anilines is 1. The van der Waals surface area contributed by atoms with E-state index >= 15 is 0 Å². The first-order chi connectivity index (χ1) is 11.1. The van der Waals surface area contributed by atoms with Crippen molar-refractivity contribution in [2.45, 2.75) is 12.5 Å². The average molecular weight is 319 g/mol. The highest BCUT2D eigenvalue weighted by molar-refractivity contribution is 5.97. The minimum atomic E-state index is -0.491. The van der Waals surface area contributed by atoms with Gasteiger partial charge in [0.05, 0.1) is 18.2 Å². The molecule has 23 heavy (non-hydrogen) atoms. The third-order valence-electron chi connectivity index (χ3n) is 4.18. The second kappa shape index (κ2) is 6.82. The molecule has 0 bridgehead atoms. The second-order valence-corrected chi connectivity index (χ2v) is 5.72. The van der Waals surface area contributed by atoms with Crippen LogP contribution in [0.3, 0.4) is 0 Å². The van der Waals surface area contributed by atoms with E-state index in [0.29, 0.717) is 50.8 Å². The fourth-order valence-electron chi connectivity index (χ4n) is 2.88. The minimum Gasteiger partial charge on any atom is -0.379 e. The number of primary amides is 1. The number of nitrogens with one attached hydrogen (secondary N) is 1. The van der Waals surface area contributed by atoms with Crippen molar-refractivity contribution in [1.82, 2.24) is 15.2 Å². The van der Waals surface area contributed by atoms with Crippen molar-refractivity contribution in [3.05, 3.63) is 23.9 Å². The Hall–Kier alpha value is -2.35. The molecule has 3 rings (SSSR count). The maximum absolute atomic E-state index is 12.2. The Kier molecular flexibility index (Phi) is 4.61. The number of nitrogens with zero attached hydrogens (tertiary/aromatic N) is 3. The van der Waals surface area contributed by atoms with Crippen molar-refractivity contribution in [1.29, 1.82) is 0 Å². The van der Waals surface area contributed by atoms with Gasteiger partial charge in [0.1, 0.15) is 5.82 Å². The molecular formula is C15H21N5O3. The van der Waals surface area contributed by atoms with Crippen LogP contribution >= 0.6 is 0 Å². The number of amides is 3. The zero-order valence-corrected chi connectivity index (χ0v) is 12.9. The Morgan fingerprint density at radius 3 is 2.74 bits per heavy atom. The lowest BCUT2D eigenvalue weighted by Gasteiger charge is -2.36. The third-order valence-corrected chi connectivity index (χ3v) is 4.18. The van der Waals surface area contributed by atoms with Gasteiger partial charge in [0.15, 0.2) is 0 Å². The van der Waals surface area contributed by atoms with E-state index in [0.717, 1.165) is 6.42 Å². The standard InChI is InChI=1S/C15H21N5O3/c16-13(21)12-2-1-4-17-14(12)19-5-7-20(8-6-19)15(22)18-11-3-9-23-10-11/h1-2,4,11H,3,5-10H2,(H2,16,21)(H,18,22)/t11-/m0/s1. The van der Waals surface area contributed by atoms with Gasteiger partial charge in [-0.1, -0.05) is 0 Å². The number of hydrogen-bond donors (Lipinski definition) is 2. The molecule has 3 amide bonds. The predicted octanol–water partition coefficient (Wildman–Crippen LogP) is -0.199. The Bertz CT molecular complexity index is 580. The topological polar surface area (TPSA) is 101 Å². The summed E-state index contributed by atoms with van der Waals surface area (Å²) >= 11 is 0. The van der Waals surface area contributed by atoms with Crippen molar-refractivity contribution >= 4 is 17.8 Å². The molecule has 0 aromatic carbocycles. The number of pyridine rings is 1. The summed E-state index contributed by atoms with van der Waals surface area (Å²) in [5, 5.41) is 2.99. The van der Waals surface area contributed by atoms with Crippen molar-refractivity contribution in [3.8, 4) is 0 Å². The quantitative estimate of drug-likeness (QED) is 0.803. The van der Waals surface area contributed by atoms with Crippen molar-refractivity contribution in [2.75, 3.05) is 44.3 Å². The maximum atomic E-state index is 12.2. The molecule has 8 nitrogen and oxygen atoms in total. The van der Waals surface area contributed by atoms with E-state index in [-0.39, 0.29) is 12.1 Å². The summed E-state index contributed by atoms with van der Waals surface area (Å²) in [5.41, 5.74) is 5.81. The van der Waals surface area contributed by atoms with E-state index in [1.54, 1.807) is 23.2 Å². The van der Waals surface area contributed by atoms with Gasteiger partial charge in [0.2, 0.25) is 0 Å². The lowest BCUT2D eigenvalue weighted by atomic mass is 10.2. The molecule has 0 spiro atoms. The molecule has 8 heteroatoms. The molecule has 3 N–H and O–H groups in total. The molecule has 2 fully saturated rings. The van der Waals surface area contributed by atoms with Crippen LogP contribution in [0.15, 0.2) is 18.3 Å². The van der Waals surface area contributed by atoms with E-state index in [9.17, 15) is 9.59 Å². The second-order valence-electron chi connectivity index (χ2n) is 5.72. The Labute approximate surface area is 134 Å². The number of nitrogens with two attached hydrogens (primary N) is 1. The molecule has 3 heterocycles. The van der Waals surface area contributed by atoms with Crippen LogP contribution in [0.25, 0.3) is 0 Å². The van der Waals surface area contributed by atoms with E-state index in [4.69, 9.17) is 10.5 Å². The average Bonchev–Trinajstić information content (AvgIpc) is 3.08. The maximum Gasteiger partial charge on any atom is 0.317 e. The van der Waals surface area contributed by atoms with Gasteiger partial charge in [-0.3, -0.25) is 4.79 Å². The van der Waals surface area contributed by atoms with E-state index in [1.165, 1.54) is 0 Å². The summed E-state index contributed by atoms with van der Waals surface area (Å²) in [6.45, 7) is 3.68. The fraction of sp³-hybridized carbons (Fsp3) is 0.533. The Morgan fingerprint density at radius 1 is 1.30 bits per heavy atom. The predicted molar refractivity (Wildman–Crippen MR) is 84.3 cm³/mol. The number of urea groups is 1. The van der Waals surface area contributed by atoms with Gasteiger partial charge < -0.3 is 25.6 Å². The van der Waals surface area contributed by atoms with Crippen LogP contribution in [0.1, 0.15) is 16.8 Å². The van der Waals surface area contributed by atoms with Crippen LogP contribution < -0.4 is 16.0 Å². The summed E-state index contributed by atoms with van der Waals surface area (Å²) in [5.74, 6) is 0.0961. The van der Waals surface area contributed by atoms with Gasteiger partial charge >= 0.3 is 6.03 Å². The largest absolute Gasteiger partial charge is 0.379 e. The molecule has 124 valence electrons.